The maximum Gasteiger partial charge on any atom is 0.0675 e. The first-order valence-corrected chi connectivity index (χ1v) is 8.66. The van der Waals surface area contributed by atoms with Gasteiger partial charge in [-0.2, -0.15) is 0 Å². The van der Waals surface area contributed by atoms with E-state index >= 15 is 0 Å². The maximum absolute atomic E-state index is 6.20. The molecule has 114 valence electrons. The zero-order chi connectivity index (χ0) is 14.3. The minimum Gasteiger partial charge on any atom is -0.377 e. The first-order chi connectivity index (χ1) is 10.3. The number of hydrogen-bond acceptors (Lipinski definition) is 2. The van der Waals surface area contributed by atoms with Crippen LogP contribution in [0.1, 0.15) is 43.2 Å². The molecule has 2 atom stereocenters. The monoisotopic (exact) mass is 285 g/mol. The fraction of sp³-hybridized carbons (Fsp3) is 0.684. The van der Waals surface area contributed by atoms with Crippen molar-refractivity contribution in [3.05, 3.63) is 35.4 Å². The minimum atomic E-state index is 0.332. The van der Waals surface area contributed by atoms with E-state index < -0.39 is 0 Å². The van der Waals surface area contributed by atoms with Crippen molar-refractivity contribution in [1.29, 1.82) is 0 Å². The van der Waals surface area contributed by atoms with Crippen molar-refractivity contribution in [2.24, 2.45) is 11.3 Å². The van der Waals surface area contributed by atoms with E-state index in [2.05, 4.69) is 36.5 Å². The van der Waals surface area contributed by atoms with Crippen molar-refractivity contribution >= 4 is 0 Å². The third-order valence-electron chi connectivity index (χ3n) is 5.55. The zero-order valence-electron chi connectivity index (χ0n) is 13.1. The van der Waals surface area contributed by atoms with Gasteiger partial charge in [-0.15, -0.1) is 0 Å². The van der Waals surface area contributed by atoms with Crippen LogP contribution >= 0.6 is 0 Å². The molecule has 2 unspecified atom stereocenters. The van der Waals surface area contributed by atoms with Crippen molar-refractivity contribution in [3.63, 3.8) is 0 Å². The lowest BCUT2D eigenvalue weighted by atomic mass is 9.74. The van der Waals surface area contributed by atoms with Crippen LogP contribution in [0.25, 0.3) is 0 Å². The Morgan fingerprint density at radius 1 is 1.14 bits per heavy atom. The van der Waals surface area contributed by atoms with Crippen LogP contribution in [0, 0.1) is 18.3 Å². The van der Waals surface area contributed by atoms with Gasteiger partial charge in [0.05, 0.1) is 6.10 Å². The lowest BCUT2D eigenvalue weighted by Gasteiger charge is -2.35. The van der Waals surface area contributed by atoms with Crippen LogP contribution in [-0.2, 0) is 11.2 Å². The Morgan fingerprint density at radius 3 is 2.57 bits per heavy atom. The van der Waals surface area contributed by atoms with Crippen molar-refractivity contribution in [2.45, 2.75) is 57.6 Å². The third-order valence-corrected chi connectivity index (χ3v) is 5.55. The summed E-state index contributed by atoms with van der Waals surface area (Å²) in [6.07, 6.45) is 8.39. The van der Waals surface area contributed by atoms with E-state index in [4.69, 9.17) is 4.74 Å². The topological polar surface area (TPSA) is 21.3 Å². The van der Waals surface area contributed by atoms with Crippen LogP contribution in [0.5, 0.6) is 0 Å². The molecule has 21 heavy (non-hydrogen) atoms. The van der Waals surface area contributed by atoms with Gasteiger partial charge in [0, 0.05) is 24.6 Å². The van der Waals surface area contributed by atoms with Crippen LogP contribution in [0.4, 0.5) is 0 Å². The van der Waals surface area contributed by atoms with Gasteiger partial charge in [0.15, 0.2) is 0 Å². The molecule has 1 aromatic rings. The number of hydrogen-bond donors (Lipinski definition) is 1. The molecule has 0 radical (unpaired) electrons. The van der Waals surface area contributed by atoms with Crippen molar-refractivity contribution in [3.8, 4) is 0 Å². The van der Waals surface area contributed by atoms with E-state index in [1.54, 1.807) is 0 Å². The zero-order valence-corrected chi connectivity index (χ0v) is 13.1. The van der Waals surface area contributed by atoms with Gasteiger partial charge in [-0.25, -0.2) is 0 Å². The Morgan fingerprint density at radius 2 is 1.90 bits per heavy atom. The summed E-state index contributed by atoms with van der Waals surface area (Å²) in [4.78, 5) is 0. The molecular weight excluding hydrogens is 258 g/mol. The fourth-order valence-corrected chi connectivity index (χ4v) is 3.93. The molecule has 2 aliphatic carbocycles. The van der Waals surface area contributed by atoms with Gasteiger partial charge in [-0.1, -0.05) is 29.8 Å². The second-order valence-corrected chi connectivity index (χ2v) is 7.56. The minimum absolute atomic E-state index is 0.332. The highest BCUT2D eigenvalue weighted by molar-refractivity contribution is 5.23. The predicted molar refractivity (Wildman–Crippen MR) is 85.4 cm³/mol. The van der Waals surface area contributed by atoms with E-state index in [1.807, 2.05) is 0 Å². The largest absolute Gasteiger partial charge is 0.377 e. The Balaban J connectivity index is 1.54. The van der Waals surface area contributed by atoms with Gasteiger partial charge in [0.25, 0.3) is 0 Å². The van der Waals surface area contributed by atoms with Crippen LogP contribution in [0.2, 0.25) is 0 Å². The molecule has 0 bridgehead atoms. The molecule has 3 aliphatic rings. The second kappa shape index (κ2) is 5.40. The van der Waals surface area contributed by atoms with E-state index in [9.17, 15) is 0 Å². The molecule has 4 rings (SSSR count). The molecule has 1 aromatic carbocycles. The van der Waals surface area contributed by atoms with Gasteiger partial charge in [0.2, 0.25) is 0 Å². The highest BCUT2D eigenvalue weighted by Crippen LogP contribution is 2.49. The molecule has 1 aliphatic heterocycles. The average molecular weight is 285 g/mol. The summed E-state index contributed by atoms with van der Waals surface area (Å²) in [5.41, 5.74) is 3.17. The number of rotatable bonds is 6. The van der Waals surface area contributed by atoms with Gasteiger partial charge < -0.3 is 10.1 Å². The summed E-state index contributed by atoms with van der Waals surface area (Å²) < 4.78 is 6.20. The molecule has 0 amide bonds. The molecule has 1 N–H and O–H groups in total. The molecule has 2 heteroatoms. The fourth-order valence-electron chi connectivity index (χ4n) is 3.93. The SMILES string of the molecule is Cc1ccc(CC2(CNC3CC3)CCOC2C2CC2)cc1. The van der Waals surface area contributed by atoms with Gasteiger partial charge in [-0.3, -0.25) is 0 Å². The average Bonchev–Trinajstić information content (AvgIpc) is 3.40. The summed E-state index contributed by atoms with van der Waals surface area (Å²) in [5.74, 6) is 0.832. The van der Waals surface area contributed by atoms with Crippen LogP contribution in [-0.4, -0.2) is 25.3 Å². The standard InChI is InChI=1S/C19H27NO/c1-14-2-4-15(5-3-14)12-19(13-20-17-8-9-17)10-11-21-18(19)16-6-7-16/h2-5,16-18,20H,6-13H2,1H3. The molecule has 1 saturated heterocycles. The van der Waals surface area contributed by atoms with E-state index in [1.165, 1.54) is 49.7 Å². The summed E-state index contributed by atoms with van der Waals surface area (Å²) in [6.45, 7) is 4.27. The van der Waals surface area contributed by atoms with E-state index in [0.717, 1.165) is 25.1 Å². The molecule has 3 fully saturated rings. The molecular formula is C19H27NO. The van der Waals surface area contributed by atoms with E-state index in [-0.39, 0.29) is 0 Å². The summed E-state index contributed by atoms with van der Waals surface area (Å²) in [5, 5.41) is 3.80. The highest BCUT2D eigenvalue weighted by Gasteiger charge is 2.51. The quantitative estimate of drug-likeness (QED) is 0.864. The summed E-state index contributed by atoms with van der Waals surface area (Å²) >= 11 is 0. The van der Waals surface area contributed by atoms with Crippen LogP contribution in [0.15, 0.2) is 24.3 Å². The molecule has 0 spiro atoms. The van der Waals surface area contributed by atoms with E-state index in [0.29, 0.717) is 11.5 Å². The predicted octanol–water partition coefficient (Wildman–Crippen LogP) is 3.47. The van der Waals surface area contributed by atoms with Crippen LogP contribution < -0.4 is 5.32 Å². The Labute approximate surface area is 128 Å². The molecule has 2 nitrogen and oxygen atoms in total. The number of ether oxygens (including phenoxy) is 1. The van der Waals surface area contributed by atoms with Gasteiger partial charge >= 0.3 is 0 Å². The normalized spacial score (nSPS) is 32.5. The summed E-state index contributed by atoms with van der Waals surface area (Å²) in [6, 6.07) is 9.92. The smallest absolute Gasteiger partial charge is 0.0675 e. The number of benzene rings is 1. The molecule has 2 saturated carbocycles. The van der Waals surface area contributed by atoms with Crippen LogP contribution in [0.3, 0.4) is 0 Å². The van der Waals surface area contributed by atoms with Gasteiger partial charge in [-0.05, 0) is 56.9 Å². The first-order valence-electron chi connectivity index (χ1n) is 8.66. The lowest BCUT2D eigenvalue weighted by molar-refractivity contribution is 0.0305. The third kappa shape index (κ3) is 3.02. The Hall–Kier alpha value is -0.860. The van der Waals surface area contributed by atoms with Crippen molar-refractivity contribution in [1.82, 2.24) is 5.32 Å². The second-order valence-electron chi connectivity index (χ2n) is 7.56. The summed E-state index contributed by atoms with van der Waals surface area (Å²) in [7, 11) is 0. The lowest BCUT2D eigenvalue weighted by Crippen LogP contribution is -2.44. The number of nitrogens with one attached hydrogen (secondary N) is 1. The number of aryl methyl sites for hydroxylation is 1. The Kier molecular flexibility index (Phi) is 3.55. The first kappa shape index (κ1) is 13.8. The van der Waals surface area contributed by atoms with Gasteiger partial charge in [0.1, 0.15) is 0 Å². The maximum atomic E-state index is 6.20. The molecule has 0 aromatic heterocycles. The van der Waals surface area contributed by atoms with Crippen molar-refractivity contribution in [2.75, 3.05) is 13.2 Å². The highest BCUT2D eigenvalue weighted by atomic mass is 16.5. The Bertz CT molecular complexity index is 489. The molecule has 1 heterocycles. The van der Waals surface area contributed by atoms with Crippen molar-refractivity contribution < 1.29 is 4.74 Å².